The molecule has 1 N–H and O–H groups in total. The zero-order valence-electron chi connectivity index (χ0n) is 11.4. The van der Waals surface area contributed by atoms with Crippen LogP contribution < -0.4 is 10.2 Å². The van der Waals surface area contributed by atoms with Gasteiger partial charge in [0.05, 0.1) is 16.4 Å². The quantitative estimate of drug-likeness (QED) is 0.788. The van der Waals surface area contributed by atoms with Crippen LogP contribution in [0.4, 0.5) is 11.4 Å². The zero-order chi connectivity index (χ0) is 13.7. The second-order valence-electron chi connectivity index (χ2n) is 6.24. The normalized spacial score (nSPS) is 31.9. The van der Waals surface area contributed by atoms with Crippen molar-refractivity contribution in [1.82, 2.24) is 0 Å². The first kappa shape index (κ1) is 12.5. The van der Waals surface area contributed by atoms with Crippen molar-refractivity contribution in [2.75, 3.05) is 10.2 Å². The van der Waals surface area contributed by atoms with E-state index in [9.17, 15) is 4.79 Å². The minimum absolute atomic E-state index is 0.000293. The van der Waals surface area contributed by atoms with E-state index in [1.54, 1.807) is 0 Å². The molecule has 1 saturated heterocycles. The number of carbonyl (C=O) groups is 1. The van der Waals surface area contributed by atoms with Crippen molar-refractivity contribution in [3.8, 4) is 0 Å². The Labute approximate surface area is 124 Å². The molecule has 106 valence electrons. The first-order chi connectivity index (χ1) is 9.75. The molecule has 3 unspecified atom stereocenters. The van der Waals surface area contributed by atoms with Gasteiger partial charge in [-0.05, 0) is 43.7 Å². The highest BCUT2D eigenvalue weighted by molar-refractivity contribution is 6.35. The Kier molecular flexibility index (Phi) is 2.92. The van der Waals surface area contributed by atoms with Crippen LogP contribution in [0.1, 0.15) is 38.5 Å². The summed E-state index contributed by atoms with van der Waals surface area (Å²) >= 11 is 6.27. The van der Waals surface area contributed by atoms with E-state index in [0.717, 1.165) is 23.7 Å². The maximum absolute atomic E-state index is 12.4. The fourth-order valence-electron chi connectivity index (χ4n) is 4.30. The maximum Gasteiger partial charge on any atom is 0.247 e. The van der Waals surface area contributed by atoms with Crippen LogP contribution in [0.25, 0.3) is 0 Å². The van der Waals surface area contributed by atoms with Gasteiger partial charge in [0.25, 0.3) is 0 Å². The summed E-state index contributed by atoms with van der Waals surface area (Å²) in [5, 5.41) is 3.66. The second-order valence-corrected chi connectivity index (χ2v) is 6.64. The number of anilines is 2. The molecule has 1 aliphatic carbocycles. The summed E-state index contributed by atoms with van der Waals surface area (Å²) < 4.78 is 0. The molecule has 3 nitrogen and oxygen atoms in total. The van der Waals surface area contributed by atoms with Gasteiger partial charge in [-0.2, -0.15) is 0 Å². The summed E-state index contributed by atoms with van der Waals surface area (Å²) in [6.45, 7) is 0. The van der Waals surface area contributed by atoms with Gasteiger partial charge in [0.1, 0.15) is 6.04 Å². The molecule has 4 rings (SSSR count). The number of hydrogen-bond acceptors (Lipinski definition) is 2. The Morgan fingerprint density at radius 1 is 1.15 bits per heavy atom. The van der Waals surface area contributed by atoms with Gasteiger partial charge in [-0.25, -0.2) is 0 Å². The molecule has 20 heavy (non-hydrogen) atoms. The third kappa shape index (κ3) is 1.76. The number of hydrogen-bond donors (Lipinski definition) is 1. The predicted molar refractivity (Wildman–Crippen MR) is 81.3 cm³/mol. The number of piperidine rings is 1. The summed E-state index contributed by atoms with van der Waals surface area (Å²) in [7, 11) is 0. The van der Waals surface area contributed by atoms with Crippen LogP contribution in [-0.2, 0) is 4.79 Å². The number of nitrogens with zero attached hydrogens (tertiary/aromatic N) is 1. The van der Waals surface area contributed by atoms with Gasteiger partial charge in [0.2, 0.25) is 5.91 Å². The van der Waals surface area contributed by atoms with Gasteiger partial charge in [-0.3, -0.25) is 4.79 Å². The van der Waals surface area contributed by atoms with E-state index < -0.39 is 0 Å². The van der Waals surface area contributed by atoms with Crippen molar-refractivity contribution in [2.24, 2.45) is 5.92 Å². The smallest absolute Gasteiger partial charge is 0.247 e. The SMILES string of the molecule is O=C1Nc2c(Cl)cccc2N2C1CCC1CCCCC12. The van der Waals surface area contributed by atoms with E-state index in [1.807, 2.05) is 12.1 Å². The number of rotatable bonds is 0. The number of benzene rings is 1. The Morgan fingerprint density at radius 2 is 2.00 bits per heavy atom. The highest BCUT2D eigenvalue weighted by Gasteiger charge is 2.44. The standard InChI is InChI=1S/C16H19ClN2O/c17-11-5-3-7-13-15(11)18-16(20)14-9-8-10-4-1-2-6-12(10)19(13)14/h3,5,7,10,12,14H,1-2,4,6,8-9H2,(H,18,20). The van der Waals surface area contributed by atoms with E-state index in [-0.39, 0.29) is 11.9 Å². The minimum atomic E-state index is 0.000293. The molecule has 1 aromatic carbocycles. The van der Waals surface area contributed by atoms with Crippen LogP contribution in [0.3, 0.4) is 0 Å². The lowest BCUT2D eigenvalue weighted by atomic mass is 9.75. The lowest BCUT2D eigenvalue weighted by molar-refractivity contribution is -0.118. The fraction of sp³-hybridized carbons (Fsp3) is 0.562. The minimum Gasteiger partial charge on any atom is -0.355 e. The Morgan fingerprint density at radius 3 is 2.90 bits per heavy atom. The summed E-state index contributed by atoms with van der Waals surface area (Å²) in [4.78, 5) is 14.8. The van der Waals surface area contributed by atoms with Crippen LogP contribution in [0.5, 0.6) is 0 Å². The number of para-hydroxylation sites is 1. The number of nitrogens with one attached hydrogen (secondary N) is 1. The average molecular weight is 291 g/mol. The van der Waals surface area contributed by atoms with Gasteiger partial charge >= 0.3 is 0 Å². The summed E-state index contributed by atoms with van der Waals surface area (Å²) in [5.41, 5.74) is 1.93. The van der Waals surface area contributed by atoms with Crippen molar-refractivity contribution < 1.29 is 4.79 Å². The van der Waals surface area contributed by atoms with Crippen molar-refractivity contribution in [2.45, 2.75) is 50.6 Å². The summed E-state index contributed by atoms with van der Waals surface area (Å²) in [6.07, 6.45) is 7.30. The summed E-state index contributed by atoms with van der Waals surface area (Å²) in [5.74, 6) is 0.868. The monoisotopic (exact) mass is 290 g/mol. The van der Waals surface area contributed by atoms with Gasteiger partial charge in [0, 0.05) is 6.04 Å². The molecule has 2 aliphatic heterocycles. The number of fused-ring (bicyclic) bond motifs is 5. The van der Waals surface area contributed by atoms with Crippen LogP contribution in [0.2, 0.25) is 5.02 Å². The lowest BCUT2D eigenvalue weighted by Crippen LogP contribution is -2.58. The highest BCUT2D eigenvalue weighted by atomic mass is 35.5. The topological polar surface area (TPSA) is 32.3 Å². The molecule has 1 aromatic rings. The first-order valence-corrected chi connectivity index (χ1v) is 8.01. The molecule has 2 fully saturated rings. The molecule has 0 spiro atoms. The van der Waals surface area contributed by atoms with Gasteiger partial charge in [0.15, 0.2) is 0 Å². The molecule has 2 heterocycles. The number of carbonyl (C=O) groups excluding carboxylic acids is 1. The van der Waals surface area contributed by atoms with Gasteiger partial charge in [-0.15, -0.1) is 0 Å². The number of halogens is 1. The number of amides is 1. The van der Waals surface area contributed by atoms with Crippen LogP contribution in [-0.4, -0.2) is 18.0 Å². The lowest BCUT2D eigenvalue weighted by Gasteiger charge is -2.51. The Hall–Kier alpha value is -1.22. The molecule has 3 aliphatic rings. The van der Waals surface area contributed by atoms with E-state index >= 15 is 0 Å². The third-order valence-corrected chi connectivity index (χ3v) is 5.51. The highest BCUT2D eigenvalue weighted by Crippen LogP contribution is 2.46. The molecule has 0 bridgehead atoms. The molecule has 4 heteroatoms. The van der Waals surface area contributed by atoms with Gasteiger partial charge < -0.3 is 10.2 Å². The van der Waals surface area contributed by atoms with E-state index in [2.05, 4.69) is 16.3 Å². The molecular formula is C16H19ClN2O. The average Bonchev–Trinajstić information content (AvgIpc) is 2.48. The Bertz CT molecular complexity index is 559. The van der Waals surface area contributed by atoms with Crippen molar-refractivity contribution in [3.05, 3.63) is 23.2 Å². The summed E-state index contributed by atoms with van der Waals surface area (Å²) in [6, 6.07) is 6.46. The second kappa shape index (κ2) is 4.66. The largest absolute Gasteiger partial charge is 0.355 e. The van der Waals surface area contributed by atoms with Crippen LogP contribution in [0.15, 0.2) is 18.2 Å². The third-order valence-electron chi connectivity index (χ3n) is 5.19. The molecule has 1 amide bonds. The predicted octanol–water partition coefficient (Wildman–Crippen LogP) is 3.82. The maximum atomic E-state index is 12.4. The first-order valence-electron chi connectivity index (χ1n) is 7.63. The van der Waals surface area contributed by atoms with Gasteiger partial charge in [-0.1, -0.05) is 30.5 Å². The van der Waals surface area contributed by atoms with E-state index in [4.69, 9.17) is 11.6 Å². The van der Waals surface area contributed by atoms with Crippen molar-refractivity contribution in [3.63, 3.8) is 0 Å². The molecule has 0 radical (unpaired) electrons. The Balaban J connectivity index is 1.81. The molecular weight excluding hydrogens is 272 g/mol. The molecule has 1 saturated carbocycles. The van der Waals surface area contributed by atoms with Crippen LogP contribution in [0, 0.1) is 5.92 Å². The van der Waals surface area contributed by atoms with Crippen LogP contribution >= 0.6 is 11.6 Å². The van der Waals surface area contributed by atoms with Crippen molar-refractivity contribution in [1.29, 1.82) is 0 Å². The molecule has 3 atom stereocenters. The fourth-order valence-corrected chi connectivity index (χ4v) is 4.51. The zero-order valence-corrected chi connectivity index (χ0v) is 12.2. The van der Waals surface area contributed by atoms with Crippen molar-refractivity contribution >= 4 is 28.9 Å². The van der Waals surface area contributed by atoms with E-state index in [1.165, 1.54) is 32.1 Å². The van der Waals surface area contributed by atoms with E-state index in [0.29, 0.717) is 11.1 Å². The molecule has 0 aromatic heterocycles.